The minimum atomic E-state index is 0.335. The number of benzene rings is 3. The number of H-pyrrole nitrogens is 1. The van der Waals surface area contributed by atoms with Crippen LogP contribution in [0.15, 0.2) is 79.0 Å². The maximum Gasteiger partial charge on any atom is 0.204 e. The van der Waals surface area contributed by atoms with Crippen LogP contribution in [0.1, 0.15) is 31.4 Å². The molecule has 0 amide bonds. The summed E-state index contributed by atoms with van der Waals surface area (Å²) in [5.74, 6) is 2.78. The zero-order valence-corrected chi connectivity index (χ0v) is 21.6. The predicted octanol–water partition coefficient (Wildman–Crippen LogP) is 7.37. The molecule has 2 heterocycles. The summed E-state index contributed by atoms with van der Waals surface area (Å²) < 4.78 is 14.6. The van der Waals surface area contributed by atoms with Crippen molar-refractivity contribution >= 4 is 22.5 Å². The summed E-state index contributed by atoms with van der Waals surface area (Å²) in [6.07, 6.45) is 4.08. The Morgan fingerprint density at radius 2 is 1.86 bits per heavy atom. The first-order chi connectivity index (χ1) is 18.0. The van der Waals surface area contributed by atoms with E-state index in [0.717, 1.165) is 41.8 Å². The van der Waals surface area contributed by atoms with E-state index in [0.29, 0.717) is 29.0 Å². The van der Waals surface area contributed by atoms with E-state index in [1.807, 2.05) is 49.4 Å². The molecule has 37 heavy (non-hydrogen) atoms. The van der Waals surface area contributed by atoms with Crippen molar-refractivity contribution in [3.8, 4) is 28.6 Å². The Kier molecular flexibility index (Phi) is 7.23. The highest BCUT2D eigenvalue weighted by molar-refractivity contribution is 6.31. The summed E-state index contributed by atoms with van der Waals surface area (Å²) in [6, 6.07) is 19.4. The van der Waals surface area contributed by atoms with Gasteiger partial charge in [0.25, 0.3) is 0 Å². The molecule has 0 aliphatic carbocycles. The van der Waals surface area contributed by atoms with Crippen LogP contribution in [-0.2, 0) is 19.6 Å². The van der Waals surface area contributed by atoms with Crippen molar-refractivity contribution in [2.45, 2.75) is 39.8 Å². The Morgan fingerprint density at radius 1 is 1.05 bits per heavy atom. The first-order valence-corrected chi connectivity index (χ1v) is 12.6. The van der Waals surface area contributed by atoms with Gasteiger partial charge in [-0.3, -0.25) is 0 Å². The number of nitrogens with one attached hydrogen (secondary N) is 1. The molecule has 2 aromatic heterocycles. The standard InChI is InChI=1S/C29H28ClN5O2/c1-4-5-25-24-14-15-35(17-19(2)3)27(24)12-13-28(25)36-18-21-16-23(10-11-26(21)30)37-22-8-6-20(7-9-22)29-31-33-34-32-29/h6-16H,2,4-5,17-18H2,1,3H3,(H,31,32,33,34). The molecule has 7 nitrogen and oxygen atoms in total. The van der Waals surface area contributed by atoms with Crippen molar-refractivity contribution in [3.63, 3.8) is 0 Å². The van der Waals surface area contributed by atoms with Crippen LogP contribution in [0.4, 0.5) is 0 Å². The summed E-state index contributed by atoms with van der Waals surface area (Å²) in [4.78, 5) is 0. The Hall–Kier alpha value is -4.10. The quantitative estimate of drug-likeness (QED) is 0.197. The van der Waals surface area contributed by atoms with E-state index in [-0.39, 0.29) is 0 Å². The van der Waals surface area contributed by atoms with Crippen LogP contribution in [0.5, 0.6) is 17.2 Å². The first kappa shape index (κ1) is 24.6. The zero-order chi connectivity index (χ0) is 25.8. The monoisotopic (exact) mass is 513 g/mol. The van der Waals surface area contributed by atoms with Crippen molar-refractivity contribution in [2.75, 3.05) is 0 Å². The summed E-state index contributed by atoms with van der Waals surface area (Å²) in [7, 11) is 0. The lowest BCUT2D eigenvalue weighted by Crippen LogP contribution is -2.01. The first-order valence-electron chi connectivity index (χ1n) is 12.2. The molecule has 1 N–H and O–H groups in total. The third-order valence-corrected chi connectivity index (χ3v) is 6.42. The third kappa shape index (κ3) is 5.52. The van der Waals surface area contributed by atoms with Gasteiger partial charge in [0, 0.05) is 45.4 Å². The molecule has 3 aromatic carbocycles. The van der Waals surface area contributed by atoms with Gasteiger partial charge in [-0.2, -0.15) is 5.21 Å². The molecule has 0 bridgehead atoms. The van der Waals surface area contributed by atoms with E-state index in [1.165, 1.54) is 16.5 Å². The highest BCUT2D eigenvalue weighted by atomic mass is 35.5. The van der Waals surface area contributed by atoms with Gasteiger partial charge in [-0.1, -0.05) is 37.1 Å². The van der Waals surface area contributed by atoms with Gasteiger partial charge in [-0.15, -0.1) is 10.2 Å². The second kappa shape index (κ2) is 10.9. The number of hydrogen-bond acceptors (Lipinski definition) is 5. The number of fused-ring (bicyclic) bond motifs is 1. The lowest BCUT2D eigenvalue weighted by Gasteiger charge is -2.15. The summed E-state index contributed by atoms with van der Waals surface area (Å²) in [5, 5.41) is 15.9. The van der Waals surface area contributed by atoms with Crippen LogP contribution in [0.3, 0.4) is 0 Å². The summed E-state index contributed by atoms with van der Waals surface area (Å²) in [5.41, 5.74) is 5.23. The Balaban J connectivity index is 1.33. The molecule has 5 aromatic rings. The van der Waals surface area contributed by atoms with E-state index in [2.05, 4.69) is 63.1 Å². The predicted molar refractivity (Wildman–Crippen MR) is 146 cm³/mol. The molecule has 5 rings (SSSR count). The van der Waals surface area contributed by atoms with Gasteiger partial charge in [-0.05, 0) is 79.2 Å². The number of allylic oxidation sites excluding steroid dienone is 1. The van der Waals surface area contributed by atoms with Gasteiger partial charge in [0.05, 0.1) is 0 Å². The topological polar surface area (TPSA) is 77.9 Å². The van der Waals surface area contributed by atoms with Crippen molar-refractivity contribution in [3.05, 3.63) is 95.2 Å². The second-order valence-corrected chi connectivity index (χ2v) is 9.44. The van der Waals surface area contributed by atoms with Gasteiger partial charge in [-0.25, -0.2) is 0 Å². The van der Waals surface area contributed by atoms with Crippen LogP contribution in [-0.4, -0.2) is 25.2 Å². The van der Waals surface area contributed by atoms with Gasteiger partial charge >= 0.3 is 0 Å². The van der Waals surface area contributed by atoms with Gasteiger partial charge in [0.15, 0.2) is 0 Å². The van der Waals surface area contributed by atoms with E-state index in [4.69, 9.17) is 21.1 Å². The van der Waals surface area contributed by atoms with Crippen LogP contribution < -0.4 is 9.47 Å². The lowest BCUT2D eigenvalue weighted by molar-refractivity contribution is 0.303. The fourth-order valence-electron chi connectivity index (χ4n) is 4.36. The van der Waals surface area contributed by atoms with Crippen molar-refractivity contribution in [2.24, 2.45) is 0 Å². The molecule has 0 radical (unpaired) electrons. The summed E-state index contributed by atoms with van der Waals surface area (Å²) >= 11 is 6.52. The number of hydrogen-bond donors (Lipinski definition) is 1. The van der Waals surface area contributed by atoms with Gasteiger partial charge in [0.1, 0.15) is 23.9 Å². The highest BCUT2D eigenvalue weighted by Crippen LogP contribution is 2.33. The second-order valence-electron chi connectivity index (χ2n) is 9.03. The number of halogens is 1. The van der Waals surface area contributed by atoms with E-state index in [9.17, 15) is 0 Å². The average molecular weight is 514 g/mol. The number of nitrogens with zero attached hydrogens (tertiary/aromatic N) is 4. The summed E-state index contributed by atoms with van der Waals surface area (Å²) in [6.45, 7) is 9.42. The third-order valence-electron chi connectivity index (χ3n) is 6.06. The molecule has 0 spiro atoms. The molecule has 8 heteroatoms. The maximum absolute atomic E-state index is 6.52. The smallest absolute Gasteiger partial charge is 0.204 e. The Labute approximate surface area is 220 Å². The van der Waals surface area contributed by atoms with Crippen LogP contribution in [0, 0.1) is 0 Å². The fraction of sp³-hybridized carbons (Fsp3) is 0.207. The minimum Gasteiger partial charge on any atom is -0.489 e. The number of aryl methyl sites for hydroxylation is 1. The highest BCUT2D eigenvalue weighted by Gasteiger charge is 2.13. The number of ether oxygens (including phenoxy) is 2. The average Bonchev–Trinajstić information content (AvgIpc) is 3.56. The van der Waals surface area contributed by atoms with Crippen LogP contribution >= 0.6 is 11.6 Å². The van der Waals surface area contributed by atoms with Gasteiger partial charge < -0.3 is 14.0 Å². The number of aromatic nitrogens is 5. The molecule has 0 saturated carbocycles. The molecule has 0 aliphatic rings. The molecule has 0 saturated heterocycles. The van der Waals surface area contributed by atoms with Crippen LogP contribution in [0.25, 0.3) is 22.3 Å². The molecule has 0 atom stereocenters. The lowest BCUT2D eigenvalue weighted by atomic mass is 10.0. The van der Waals surface area contributed by atoms with E-state index in [1.54, 1.807) is 0 Å². The molecular weight excluding hydrogens is 486 g/mol. The van der Waals surface area contributed by atoms with Crippen molar-refractivity contribution in [1.29, 1.82) is 0 Å². The Morgan fingerprint density at radius 3 is 2.59 bits per heavy atom. The molecular formula is C29H28ClN5O2. The van der Waals surface area contributed by atoms with Crippen LogP contribution in [0.2, 0.25) is 5.02 Å². The molecule has 0 fully saturated rings. The molecule has 0 aliphatic heterocycles. The van der Waals surface area contributed by atoms with Crippen molar-refractivity contribution in [1.82, 2.24) is 25.2 Å². The SMILES string of the molecule is C=C(C)Cn1ccc2c(CCC)c(OCc3cc(Oc4ccc(-c5nn[nH]n5)cc4)ccc3Cl)ccc21. The van der Waals surface area contributed by atoms with Gasteiger partial charge in [0.2, 0.25) is 5.82 Å². The molecule has 0 unspecified atom stereocenters. The Bertz CT molecular complexity index is 1520. The van der Waals surface area contributed by atoms with Crippen molar-refractivity contribution < 1.29 is 9.47 Å². The van der Waals surface area contributed by atoms with E-state index < -0.39 is 0 Å². The number of aromatic amines is 1. The zero-order valence-electron chi connectivity index (χ0n) is 20.9. The fourth-order valence-corrected chi connectivity index (χ4v) is 4.53. The minimum absolute atomic E-state index is 0.335. The number of tetrazole rings is 1. The maximum atomic E-state index is 6.52. The van der Waals surface area contributed by atoms with E-state index >= 15 is 0 Å². The molecule has 188 valence electrons. The normalized spacial score (nSPS) is 11.1. The number of rotatable bonds is 10. The largest absolute Gasteiger partial charge is 0.489 e.